The molecule has 3 aromatic heterocycles. The van der Waals surface area contributed by atoms with E-state index in [0.717, 1.165) is 65.3 Å². The van der Waals surface area contributed by atoms with Crippen LogP contribution in [0.3, 0.4) is 0 Å². The Labute approximate surface area is 204 Å². The molecule has 182 valence electrons. The molecule has 1 aliphatic heterocycles. The van der Waals surface area contributed by atoms with Crippen LogP contribution in [0, 0.1) is 0 Å². The summed E-state index contributed by atoms with van der Waals surface area (Å²) in [4.78, 5) is 4.61. The lowest BCUT2D eigenvalue weighted by Crippen LogP contribution is -2.26. The molecule has 35 heavy (non-hydrogen) atoms. The predicted molar refractivity (Wildman–Crippen MR) is 133 cm³/mol. The molecule has 1 saturated heterocycles. The van der Waals surface area contributed by atoms with Gasteiger partial charge in [-0.15, -0.1) is 0 Å². The predicted octanol–water partition coefficient (Wildman–Crippen LogP) is 5.09. The molecule has 0 amide bonds. The lowest BCUT2D eigenvalue weighted by Gasteiger charge is -2.21. The molecule has 1 aliphatic carbocycles. The van der Waals surface area contributed by atoms with Crippen LogP contribution in [-0.4, -0.2) is 48.5 Å². The normalized spacial score (nSPS) is 17.2. The van der Waals surface area contributed by atoms with Crippen molar-refractivity contribution in [3.05, 3.63) is 54.7 Å². The summed E-state index contributed by atoms with van der Waals surface area (Å²) in [5.74, 6) is 1.98. The minimum atomic E-state index is -0.822. The van der Waals surface area contributed by atoms with Crippen LogP contribution < -0.4 is 4.74 Å². The summed E-state index contributed by atoms with van der Waals surface area (Å²) in [6.45, 7) is 5.53. The largest absolute Gasteiger partial charge is 0.453 e. The first-order chi connectivity index (χ1) is 16.9. The first-order valence-corrected chi connectivity index (χ1v) is 12.4. The van der Waals surface area contributed by atoms with Gasteiger partial charge in [0.2, 0.25) is 0 Å². The van der Waals surface area contributed by atoms with Crippen molar-refractivity contribution in [1.82, 2.24) is 24.5 Å². The Bertz CT molecular complexity index is 1340. The maximum Gasteiger partial charge on any atom is 0.168 e. The van der Waals surface area contributed by atoms with Gasteiger partial charge in [0.25, 0.3) is 0 Å². The van der Waals surface area contributed by atoms with E-state index in [1.54, 1.807) is 24.7 Å². The molecule has 4 aromatic rings. The fourth-order valence-electron chi connectivity index (χ4n) is 4.75. The van der Waals surface area contributed by atoms with Crippen molar-refractivity contribution in [2.75, 3.05) is 13.2 Å². The van der Waals surface area contributed by atoms with Crippen LogP contribution in [-0.2, 0) is 11.3 Å². The van der Waals surface area contributed by atoms with Gasteiger partial charge < -0.3 is 14.6 Å². The molecule has 1 N–H and O–H groups in total. The van der Waals surface area contributed by atoms with Crippen LogP contribution in [0.5, 0.6) is 11.5 Å². The highest BCUT2D eigenvalue weighted by Gasteiger charge is 2.30. The van der Waals surface area contributed by atoms with Gasteiger partial charge in [0, 0.05) is 42.5 Å². The number of nitrogens with zero attached hydrogens (tertiary/aromatic N) is 5. The SMILES string of the molecule is CC(C)(O)Cn1cc(-c2ccc3c(Oc4cn(C5CC5)nc4C4CCOCC4)ccnc3c2)cn1. The lowest BCUT2D eigenvalue weighted by molar-refractivity contribution is 0.0577. The maximum atomic E-state index is 10.1. The summed E-state index contributed by atoms with van der Waals surface area (Å²) < 4.78 is 16.0. The Balaban J connectivity index is 1.30. The quantitative estimate of drug-likeness (QED) is 0.402. The first-order valence-electron chi connectivity index (χ1n) is 12.4. The molecule has 6 rings (SSSR count). The molecule has 8 nitrogen and oxygen atoms in total. The summed E-state index contributed by atoms with van der Waals surface area (Å²) in [7, 11) is 0. The number of ether oxygens (including phenoxy) is 2. The van der Waals surface area contributed by atoms with Gasteiger partial charge in [-0.3, -0.25) is 14.3 Å². The summed E-state index contributed by atoms with van der Waals surface area (Å²) in [6, 6.07) is 8.60. The van der Waals surface area contributed by atoms with Crippen LogP contribution in [0.15, 0.2) is 49.1 Å². The molecule has 2 fully saturated rings. The third kappa shape index (κ3) is 4.81. The van der Waals surface area contributed by atoms with E-state index in [9.17, 15) is 5.11 Å². The monoisotopic (exact) mass is 473 g/mol. The van der Waals surface area contributed by atoms with Gasteiger partial charge in [-0.2, -0.15) is 10.2 Å². The molecule has 1 aromatic carbocycles. The van der Waals surface area contributed by atoms with E-state index in [-0.39, 0.29) is 0 Å². The third-order valence-electron chi connectivity index (χ3n) is 6.69. The number of benzene rings is 1. The number of aliphatic hydroxyl groups is 1. The average molecular weight is 474 g/mol. The van der Waals surface area contributed by atoms with Crippen molar-refractivity contribution in [3.63, 3.8) is 0 Å². The fourth-order valence-corrected chi connectivity index (χ4v) is 4.75. The average Bonchev–Trinajstić information content (AvgIpc) is 3.45. The Morgan fingerprint density at radius 2 is 1.89 bits per heavy atom. The Morgan fingerprint density at radius 3 is 2.66 bits per heavy atom. The Kier molecular flexibility index (Phi) is 5.57. The second kappa shape index (κ2) is 8.77. The van der Waals surface area contributed by atoms with E-state index >= 15 is 0 Å². The molecule has 0 bridgehead atoms. The van der Waals surface area contributed by atoms with E-state index in [4.69, 9.17) is 14.6 Å². The van der Waals surface area contributed by atoms with Gasteiger partial charge in [-0.25, -0.2) is 0 Å². The molecule has 0 radical (unpaired) electrons. The van der Waals surface area contributed by atoms with Crippen molar-refractivity contribution in [3.8, 4) is 22.6 Å². The zero-order chi connectivity index (χ0) is 24.0. The number of hydrogen-bond acceptors (Lipinski definition) is 6. The first kappa shape index (κ1) is 22.2. The second-order valence-corrected chi connectivity index (χ2v) is 10.4. The molecule has 0 atom stereocenters. The van der Waals surface area contributed by atoms with Crippen molar-refractivity contribution < 1.29 is 14.6 Å². The summed E-state index contributed by atoms with van der Waals surface area (Å²) in [5, 5.41) is 20.4. The van der Waals surface area contributed by atoms with Gasteiger partial charge in [0.1, 0.15) is 11.4 Å². The van der Waals surface area contributed by atoms with Gasteiger partial charge in [-0.1, -0.05) is 6.07 Å². The van der Waals surface area contributed by atoms with Crippen LogP contribution in [0.2, 0.25) is 0 Å². The molecular weight excluding hydrogens is 442 g/mol. The molecule has 0 spiro atoms. The Morgan fingerprint density at radius 1 is 1.06 bits per heavy atom. The number of rotatable bonds is 7. The highest BCUT2D eigenvalue weighted by molar-refractivity contribution is 5.89. The highest BCUT2D eigenvalue weighted by atomic mass is 16.5. The van der Waals surface area contributed by atoms with E-state index in [1.807, 2.05) is 18.5 Å². The highest BCUT2D eigenvalue weighted by Crippen LogP contribution is 2.41. The van der Waals surface area contributed by atoms with E-state index < -0.39 is 5.60 Å². The minimum Gasteiger partial charge on any atom is -0.453 e. The zero-order valence-corrected chi connectivity index (χ0v) is 20.2. The molecule has 1 saturated carbocycles. The van der Waals surface area contributed by atoms with Gasteiger partial charge in [0.05, 0.1) is 36.1 Å². The van der Waals surface area contributed by atoms with Crippen molar-refractivity contribution in [1.29, 1.82) is 0 Å². The topological polar surface area (TPSA) is 87.2 Å². The van der Waals surface area contributed by atoms with E-state index in [2.05, 4.69) is 39.2 Å². The van der Waals surface area contributed by atoms with Crippen LogP contribution >= 0.6 is 0 Å². The summed E-state index contributed by atoms with van der Waals surface area (Å²) >= 11 is 0. The Hall–Kier alpha value is -3.23. The van der Waals surface area contributed by atoms with Crippen LogP contribution in [0.25, 0.3) is 22.0 Å². The standard InChI is InChI=1S/C27H31N5O3/c1-27(2,33)17-31-15-20(14-29-31)19-3-6-22-23(13-19)28-10-7-24(22)35-25-16-32(21-4-5-21)30-26(25)18-8-11-34-12-9-18/h3,6-7,10,13-16,18,21,33H,4-5,8-9,11-12,17H2,1-2H3. The minimum absolute atomic E-state index is 0.360. The van der Waals surface area contributed by atoms with Gasteiger partial charge in [-0.05, 0) is 63.3 Å². The molecular formula is C27H31N5O3. The van der Waals surface area contributed by atoms with Crippen molar-refractivity contribution >= 4 is 10.9 Å². The number of fused-ring (bicyclic) bond motifs is 1. The second-order valence-electron chi connectivity index (χ2n) is 10.4. The van der Waals surface area contributed by atoms with E-state index in [0.29, 0.717) is 18.5 Å². The molecule has 4 heterocycles. The fraction of sp³-hybridized carbons (Fsp3) is 0.444. The van der Waals surface area contributed by atoms with Crippen molar-refractivity contribution in [2.45, 2.75) is 63.6 Å². The number of aromatic nitrogens is 5. The summed E-state index contributed by atoms with van der Waals surface area (Å²) in [5.41, 5.74) is 3.08. The molecule has 0 unspecified atom stereocenters. The summed E-state index contributed by atoms with van der Waals surface area (Å²) in [6.07, 6.45) is 11.9. The molecule has 8 heteroatoms. The number of hydrogen-bond donors (Lipinski definition) is 1. The molecule has 2 aliphatic rings. The lowest BCUT2D eigenvalue weighted by atomic mass is 9.96. The zero-order valence-electron chi connectivity index (χ0n) is 20.2. The van der Waals surface area contributed by atoms with Crippen LogP contribution in [0.4, 0.5) is 0 Å². The number of pyridine rings is 1. The van der Waals surface area contributed by atoms with Gasteiger partial charge >= 0.3 is 0 Å². The third-order valence-corrected chi connectivity index (χ3v) is 6.69. The van der Waals surface area contributed by atoms with Crippen LogP contribution in [0.1, 0.15) is 57.2 Å². The van der Waals surface area contributed by atoms with Crippen molar-refractivity contribution in [2.24, 2.45) is 0 Å². The maximum absolute atomic E-state index is 10.1. The smallest absolute Gasteiger partial charge is 0.168 e. The van der Waals surface area contributed by atoms with Gasteiger partial charge in [0.15, 0.2) is 5.75 Å². The van der Waals surface area contributed by atoms with E-state index in [1.165, 1.54) is 12.8 Å².